The highest BCUT2D eigenvalue weighted by Crippen LogP contribution is 2.37. The van der Waals surface area contributed by atoms with Gasteiger partial charge in [0, 0.05) is 38.3 Å². The van der Waals surface area contributed by atoms with E-state index in [0.717, 1.165) is 60.7 Å². The van der Waals surface area contributed by atoms with Crippen LogP contribution in [0.5, 0.6) is 5.75 Å². The first-order valence-corrected chi connectivity index (χ1v) is 9.70. The molecule has 0 aromatic heterocycles. The standard InChI is InChI=1S/C23H26N2O3/c1-24-11-13-25(14-12-24)10-9-20-19-6-4-3-5-18(19)16-28-22-8-7-17(15-21(20)22)23(26)27-2/h3-9,15H,10-14,16H2,1-2H3. The van der Waals surface area contributed by atoms with Crippen molar-refractivity contribution in [3.05, 3.63) is 70.8 Å². The van der Waals surface area contributed by atoms with Crippen LogP contribution < -0.4 is 4.74 Å². The highest BCUT2D eigenvalue weighted by atomic mass is 16.5. The second-order valence-electron chi connectivity index (χ2n) is 7.37. The molecule has 2 aromatic carbocycles. The van der Waals surface area contributed by atoms with E-state index in [1.54, 1.807) is 6.07 Å². The van der Waals surface area contributed by atoms with Gasteiger partial charge in [-0.3, -0.25) is 4.90 Å². The van der Waals surface area contributed by atoms with E-state index < -0.39 is 0 Å². The van der Waals surface area contributed by atoms with Crippen LogP contribution in [0.25, 0.3) is 5.57 Å². The molecule has 0 aliphatic carbocycles. The summed E-state index contributed by atoms with van der Waals surface area (Å²) in [5.74, 6) is 0.465. The number of hydrogen-bond acceptors (Lipinski definition) is 5. The molecule has 2 aromatic rings. The van der Waals surface area contributed by atoms with Crippen LogP contribution in [0, 0.1) is 0 Å². The number of nitrogens with zero attached hydrogens (tertiary/aromatic N) is 2. The SMILES string of the molecule is COC(=O)c1ccc2c(c1)C(=CCN1CCN(C)CC1)c1ccccc1CO2. The van der Waals surface area contributed by atoms with Crippen molar-refractivity contribution in [1.29, 1.82) is 0 Å². The second-order valence-corrected chi connectivity index (χ2v) is 7.37. The normalized spacial score (nSPS) is 18.7. The van der Waals surface area contributed by atoms with E-state index in [9.17, 15) is 4.79 Å². The fourth-order valence-electron chi connectivity index (χ4n) is 3.79. The summed E-state index contributed by atoms with van der Waals surface area (Å²) < 4.78 is 11.0. The molecule has 0 unspecified atom stereocenters. The molecule has 4 rings (SSSR count). The van der Waals surface area contributed by atoms with Gasteiger partial charge in [0.2, 0.25) is 0 Å². The predicted molar refractivity (Wildman–Crippen MR) is 110 cm³/mol. The lowest BCUT2D eigenvalue weighted by Gasteiger charge is -2.31. The van der Waals surface area contributed by atoms with E-state index in [4.69, 9.17) is 9.47 Å². The molecule has 2 heterocycles. The van der Waals surface area contributed by atoms with Gasteiger partial charge in [0.25, 0.3) is 0 Å². The number of rotatable bonds is 3. The summed E-state index contributed by atoms with van der Waals surface area (Å²) in [6.07, 6.45) is 2.28. The second kappa shape index (κ2) is 8.17. The van der Waals surface area contributed by atoms with E-state index in [1.165, 1.54) is 7.11 Å². The van der Waals surface area contributed by atoms with Crippen LogP contribution in [-0.2, 0) is 11.3 Å². The lowest BCUT2D eigenvalue weighted by molar-refractivity contribution is 0.0600. The fraction of sp³-hybridized carbons (Fsp3) is 0.348. The summed E-state index contributed by atoms with van der Waals surface area (Å²) in [5, 5.41) is 0. The molecular formula is C23H26N2O3. The molecule has 0 spiro atoms. The topological polar surface area (TPSA) is 42.0 Å². The highest BCUT2D eigenvalue weighted by molar-refractivity contribution is 5.93. The average molecular weight is 378 g/mol. The molecule has 1 fully saturated rings. The molecule has 146 valence electrons. The maximum atomic E-state index is 12.1. The van der Waals surface area contributed by atoms with Gasteiger partial charge in [0.05, 0.1) is 12.7 Å². The van der Waals surface area contributed by atoms with E-state index in [0.29, 0.717) is 12.2 Å². The number of methoxy groups -OCH3 is 1. The zero-order valence-electron chi connectivity index (χ0n) is 16.5. The Morgan fingerprint density at radius 1 is 1.11 bits per heavy atom. The molecule has 5 nitrogen and oxygen atoms in total. The van der Waals surface area contributed by atoms with Crippen molar-refractivity contribution >= 4 is 11.5 Å². The first-order valence-electron chi connectivity index (χ1n) is 9.70. The van der Waals surface area contributed by atoms with Crippen LogP contribution in [0.4, 0.5) is 0 Å². The van der Waals surface area contributed by atoms with Crippen molar-refractivity contribution in [2.24, 2.45) is 0 Å². The van der Waals surface area contributed by atoms with Gasteiger partial charge in [-0.25, -0.2) is 4.79 Å². The Balaban J connectivity index is 1.74. The molecule has 0 amide bonds. The summed E-state index contributed by atoms with van der Waals surface area (Å²) in [6.45, 7) is 5.70. The molecule has 0 radical (unpaired) electrons. The molecule has 1 saturated heterocycles. The molecular weight excluding hydrogens is 352 g/mol. The number of esters is 1. The molecule has 0 saturated carbocycles. The zero-order valence-corrected chi connectivity index (χ0v) is 16.5. The summed E-state index contributed by atoms with van der Waals surface area (Å²) in [6, 6.07) is 13.9. The van der Waals surface area contributed by atoms with Gasteiger partial charge in [0.15, 0.2) is 0 Å². The minimum absolute atomic E-state index is 0.334. The van der Waals surface area contributed by atoms with Gasteiger partial charge in [-0.15, -0.1) is 0 Å². The summed E-state index contributed by atoms with van der Waals surface area (Å²) in [4.78, 5) is 16.9. The van der Waals surface area contributed by atoms with Crippen LogP contribution in [-0.4, -0.2) is 62.7 Å². The van der Waals surface area contributed by atoms with Crippen molar-refractivity contribution in [2.75, 3.05) is 46.9 Å². The van der Waals surface area contributed by atoms with Gasteiger partial charge in [0.1, 0.15) is 12.4 Å². The molecule has 2 aliphatic heterocycles. The maximum absolute atomic E-state index is 12.1. The maximum Gasteiger partial charge on any atom is 0.337 e. The Hall–Kier alpha value is -2.63. The van der Waals surface area contributed by atoms with Crippen molar-refractivity contribution in [3.63, 3.8) is 0 Å². The Morgan fingerprint density at radius 2 is 1.89 bits per heavy atom. The number of benzene rings is 2. The molecule has 0 bridgehead atoms. The van der Waals surface area contributed by atoms with Crippen LogP contribution in [0.15, 0.2) is 48.5 Å². The minimum atomic E-state index is -0.334. The third kappa shape index (κ3) is 3.81. The van der Waals surface area contributed by atoms with Crippen LogP contribution in [0.2, 0.25) is 0 Å². The monoisotopic (exact) mass is 378 g/mol. The Bertz CT molecular complexity index is 898. The first kappa shape index (κ1) is 18.7. The number of carbonyl (C=O) groups is 1. The van der Waals surface area contributed by atoms with Crippen molar-refractivity contribution in [2.45, 2.75) is 6.61 Å². The van der Waals surface area contributed by atoms with Crippen molar-refractivity contribution in [1.82, 2.24) is 9.80 Å². The first-order chi connectivity index (χ1) is 13.7. The fourth-order valence-corrected chi connectivity index (χ4v) is 3.79. The van der Waals surface area contributed by atoms with Crippen molar-refractivity contribution in [3.8, 4) is 5.75 Å². The largest absolute Gasteiger partial charge is 0.488 e. The molecule has 0 N–H and O–H groups in total. The third-order valence-corrected chi connectivity index (χ3v) is 5.53. The number of hydrogen-bond donors (Lipinski definition) is 0. The van der Waals surface area contributed by atoms with Crippen molar-refractivity contribution < 1.29 is 14.3 Å². The van der Waals surface area contributed by atoms with Crippen LogP contribution in [0.3, 0.4) is 0 Å². The quantitative estimate of drug-likeness (QED) is 0.768. The van der Waals surface area contributed by atoms with Gasteiger partial charge in [-0.2, -0.15) is 0 Å². The smallest absolute Gasteiger partial charge is 0.337 e. The average Bonchev–Trinajstić information content (AvgIpc) is 2.89. The molecule has 0 atom stereocenters. The van der Waals surface area contributed by atoms with Gasteiger partial charge in [-0.05, 0) is 41.9 Å². The zero-order chi connectivity index (χ0) is 19.5. The minimum Gasteiger partial charge on any atom is -0.488 e. The van der Waals surface area contributed by atoms with Crippen LogP contribution in [0.1, 0.15) is 27.0 Å². The summed E-state index contributed by atoms with van der Waals surface area (Å²) in [5.41, 5.74) is 4.92. The third-order valence-electron chi connectivity index (χ3n) is 5.53. The highest BCUT2D eigenvalue weighted by Gasteiger charge is 2.21. The Kier molecular flexibility index (Phi) is 5.46. The number of carbonyl (C=O) groups excluding carboxylic acids is 1. The molecule has 5 heteroatoms. The Morgan fingerprint density at radius 3 is 2.68 bits per heavy atom. The van der Waals surface area contributed by atoms with E-state index in [1.807, 2.05) is 18.2 Å². The molecule has 28 heavy (non-hydrogen) atoms. The number of likely N-dealkylation sites (N-methyl/N-ethyl adjacent to an activating group) is 1. The van der Waals surface area contributed by atoms with E-state index in [2.05, 4.69) is 41.1 Å². The lowest BCUT2D eigenvalue weighted by Crippen LogP contribution is -2.44. The molecule has 2 aliphatic rings. The van der Waals surface area contributed by atoms with E-state index >= 15 is 0 Å². The van der Waals surface area contributed by atoms with Gasteiger partial charge in [-0.1, -0.05) is 30.3 Å². The van der Waals surface area contributed by atoms with Crippen LogP contribution >= 0.6 is 0 Å². The Labute approximate surface area is 166 Å². The van der Waals surface area contributed by atoms with Gasteiger partial charge >= 0.3 is 5.97 Å². The summed E-state index contributed by atoms with van der Waals surface area (Å²) >= 11 is 0. The predicted octanol–water partition coefficient (Wildman–Crippen LogP) is 3.04. The number of ether oxygens (including phenoxy) is 2. The summed E-state index contributed by atoms with van der Waals surface area (Å²) in [7, 11) is 3.57. The van der Waals surface area contributed by atoms with E-state index in [-0.39, 0.29) is 5.97 Å². The van der Waals surface area contributed by atoms with Gasteiger partial charge < -0.3 is 14.4 Å². The lowest BCUT2D eigenvalue weighted by atomic mass is 9.93. The number of fused-ring (bicyclic) bond motifs is 2. The number of piperazine rings is 1.